The summed E-state index contributed by atoms with van der Waals surface area (Å²) in [6.07, 6.45) is 1.56. The minimum atomic E-state index is -0.998. The molecule has 3 aromatic rings. The van der Waals surface area contributed by atoms with E-state index in [1.165, 1.54) is 37.2 Å². The van der Waals surface area contributed by atoms with Crippen LogP contribution in [0.3, 0.4) is 0 Å². The number of ether oxygens (including phenoxy) is 1. The molecule has 0 aliphatic rings. The summed E-state index contributed by atoms with van der Waals surface area (Å²) in [6, 6.07) is 10.5. The number of carbonyl (C=O) groups excluding carboxylic acids is 2. The number of hydrogen-bond acceptors (Lipinski definition) is 6. The van der Waals surface area contributed by atoms with Crippen molar-refractivity contribution in [2.24, 2.45) is 7.05 Å². The van der Waals surface area contributed by atoms with Gasteiger partial charge in [0.05, 0.1) is 41.1 Å². The number of halogens is 2. The van der Waals surface area contributed by atoms with E-state index in [4.69, 9.17) is 27.9 Å². The van der Waals surface area contributed by atoms with Crippen LogP contribution in [-0.4, -0.2) is 39.9 Å². The third kappa shape index (κ3) is 5.42. The van der Waals surface area contributed by atoms with Gasteiger partial charge in [-0.1, -0.05) is 53.5 Å². The van der Waals surface area contributed by atoms with Crippen LogP contribution in [0.4, 0.5) is 0 Å². The molecule has 0 aliphatic heterocycles. The summed E-state index contributed by atoms with van der Waals surface area (Å²) >= 11 is 12.2. The van der Waals surface area contributed by atoms with Gasteiger partial charge in [0.15, 0.2) is 0 Å². The molecule has 0 spiro atoms. The van der Waals surface area contributed by atoms with Gasteiger partial charge >= 0.3 is 5.97 Å². The van der Waals surface area contributed by atoms with Gasteiger partial charge in [-0.25, -0.2) is 9.48 Å². The Morgan fingerprint density at radius 1 is 1.15 bits per heavy atom. The number of carbonyl (C=O) groups is 2. The topological polar surface area (TPSA) is 111 Å². The van der Waals surface area contributed by atoms with Crippen molar-refractivity contribution in [1.29, 1.82) is 0 Å². The highest BCUT2D eigenvalue weighted by Crippen LogP contribution is 2.25. The number of aryl methyl sites for hydroxylation is 1. The second kappa shape index (κ2) is 10.6. The van der Waals surface area contributed by atoms with Crippen molar-refractivity contribution >= 4 is 35.1 Å². The predicted molar refractivity (Wildman–Crippen MR) is 124 cm³/mol. The zero-order valence-electron chi connectivity index (χ0n) is 17.8. The fraction of sp³-hybridized carbons (Fsp3) is 0.217. The Balaban J connectivity index is 1.86. The summed E-state index contributed by atoms with van der Waals surface area (Å²) < 4.78 is 6.02. The van der Waals surface area contributed by atoms with E-state index < -0.39 is 17.9 Å². The number of nitrogens with one attached hydrogen (secondary N) is 1. The lowest BCUT2D eigenvalue weighted by Crippen LogP contribution is -2.43. The number of esters is 1. The Morgan fingerprint density at radius 2 is 1.79 bits per heavy atom. The summed E-state index contributed by atoms with van der Waals surface area (Å²) in [5.41, 5.74) is 1.76. The highest BCUT2D eigenvalue weighted by atomic mass is 35.5. The first kappa shape index (κ1) is 24.4. The highest BCUT2D eigenvalue weighted by molar-refractivity contribution is 6.39. The van der Waals surface area contributed by atoms with Gasteiger partial charge in [-0.05, 0) is 23.3 Å². The number of hydrogen-bond donors (Lipinski definition) is 2. The first-order valence-electron chi connectivity index (χ1n) is 9.84. The summed E-state index contributed by atoms with van der Waals surface area (Å²) in [7, 11) is 2.75. The van der Waals surface area contributed by atoms with Crippen molar-refractivity contribution in [3.05, 3.63) is 85.8 Å². The molecular formula is C23H21Cl2N3O5. The maximum absolute atomic E-state index is 12.7. The molecule has 1 amide bonds. The Kier molecular flexibility index (Phi) is 7.86. The summed E-state index contributed by atoms with van der Waals surface area (Å²) in [5, 5.41) is 16.4. The van der Waals surface area contributed by atoms with Gasteiger partial charge in [0.2, 0.25) is 0 Å². The molecule has 0 bridgehead atoms. The average molecular weight is 490 g/mol. The first-order valence-corrected chi connectivity index (χ1v) is 10.6. The van der Waals surface area contributed by atoms with E-state index in [2.05, 4.69) is 10.4 Å². The van der Waals surface area contributed by atoms with Crippen LogP contribution in [0, 0.1) is 0 Å². The van der Waals surface area contributed by atoms with Crippen molar-refractivity contribution in [3.63, 3.8) is 0 Å². The van der Waals surface area contributed by atoms with Crippen LogP contribution < -0.4 is 10.9 Å². The van der Waals surface area contributed by atoms with Crippen molar-refractivity contribution in [2.75, 3.05) is 7.11 Å². The maximum Gasteiger partial charge on any atom is 0.328 e. The Morgan fingerprint density at radius 3 is 2.36 bits per heavy atom. The average Bonchev–Trinajstić information content (AvgIpc) is 2.80. The molecule has 33 heavy (non-hydrogen) atoms. The second-order valence-corrected chi connectivity index (χ2v) is 7.99. The Labute approximate surface area is 199 Å². The fourth-order valence-corrected chi connectivity index (χ4v) is 3.89. The zero-order valence-corrected chi connectivity index (χ0v) is 19.4. The van der Waals surface area contributed by atoms with Crippen LogP contribution in [0.1, 0.15) is 21.5 Å². The van der Waals surface area contributed by atoms with E-state index in [9.17, 15) is 19.5 Å². The predicted octanol–water partition coefficient (Wildman–Crippen LogP) is 2.76. The van der Waals surface area contributed by atoms with Gasteiger partial charge in [-0.3, -0.25) is 9.59 Å². The molecule has 3 rings (SSSR count). The number of benzene rings is 2. The second-order valence-electron chi connectivity index (χ2n) is 7.18. The third-order valence-corrected chi connectivity index (χ3v) is 5.68. The normalized spacial score (nSPS) is 11.7. The van der Waals surface area contributed by atoms with Gasteiger partial charge in [0.1, 0.15) is 6.04 Å². The summed E-state index contributed by atoms with van der Waals surface area (Å²) in [4.78, 5) is 37.6. The number of aliphatic hydroxyl groups excluding tert-OH is 1. The molecule has 0 saturated heterocycles. The molecule has 8 nitrogen and oxygen atoms in total. The molecule has 1 aromatic heterocycles. The molecule has 2 aromatic carbocycles. The van der Waals surface area contributed by atoms with Gasteiger partial charge < -0.3 is 15.2 Å². The van der Waals surface area contributed by atoms with Crippen LogP contribution in [0.5, 0.6) is 0 Å². The standard InChI is InChI=1S/C23H21Cl2N3O5/c1-28-22(31)19(15(12-29)11-26-28)14-8-6-13(7-9-14)10-18(23(32)33-2)27-21(30)20-16(24)4-3-5-17(20)25/h3-9,11,18,29H,10,12H2,1-2H3,(H,27,30)/t18-/m0/s1. The van der Waals surface area contributed by atoms with Crippen LogP contribution in [0.2, 0.25) is 10.0 Å². The molecule has 0 aliphatic carbocycles. The number of nitrogens with zero attached hydrogens (tertiary/aromatic N) is 2. The van der Waals surface area contributed by atoms with Gasteiger partial charge in [-0.2, -0.15) is 5.10 Å². The Hall–Kier alpha value is -3.20. The van der Waals surface area contributed by atoms with Crippen molar-refractivity contribution in [2.45, 2.75) is 19.1 Å². The largest absolute Gasteiger partial charge is 0.467 e. The van der Waals surface area contributed by atoms with Gasteiger partial charge in [0, 0.05) is 19.0 Å². The molecular weight excluding hydrogens is 469 g/mol. The van der Waals surface area contributed by atoms with Crippen LogP contribution in [0.15, 0.2) is 53.5 Å². The van der Waals surface area contributed by atoms with E-state index in [0.717, 1.165) is 0 Å². The smallest absolute Gasteiger partial charge is 0.328 e. The minimum Gasteiger partial charge on any atom is -0.467 e. The summed E-state index contributed by atoms with van der Waals surface area (Å²) in [5.74, 6) is -1.24. The van der Waals surface area contributed by atoms with E-state index in [1.54, 1.807) is 30.3 Å². The SMILES string of the molecule is COC(=O)[C@H](Cc1ccc(-c2c(CO)cnn(C)c2=O)cc1)NC(=O)c1c(Cl)cccc1Cl. The number of aliphatic hydroxyl groups is 1. The lowest BCUT2D eigenvalue weighted by atomic mass is 9.99. The van der Waals surface area contributed by atoms with E-state index in [-0.39, 0.29) is 34.2 Å². The van der Waals surface area contributed by atoms with E-state index >= 15 is 0 Å². The van der Waals surface area contributed by atoms with Crippen LogP contribution >= 0.6 is 23.2 Å². The minimum absolute atomic E-state index is 0.0650. The van der Waals surface area contributed by atoms with Crippen molar-refractivity contribution < 1.29 is 19.4 Å². The molecule has 0 unspecified atom stereocenters. The number of rotatable bonds is 7. The van der Waals surface area contributed by atoms with E-state index in [1.807, 2.05) is 0 Å². The summed E-state index contributed by atoms with van der Waals surface area (Å²) in [6.45, 7) is -0.332. The van der Waals surface area contributed by atoms with Crippen LogP contribution in [0.25, 0.3) is 11.1 Å². The third-order valence-electron chi connectivity index (χ3n) is 5.05. The lowest BCUT2D eigenvalue weighted by molar-refractivity contribution is -0.142. The first-order chi connectivity index (χ1) is 15.8. The molecule has 0 fully saturated rings. The molecule has 0 radical (unpaired) electrons. The Bertz CT molecular complexity index is 1220. The molecule has 172 valence electrons. The van der Waals surface area contributed by atoms with E-state index in [0.29, 0.717) is 22.3 Å². The van der Waals surface area contributed by atoms with Gasteiger partial charge in [0.25, 0.3) is 11.5 Å². The quantitative estimate of drug-likeness (QED) is 0.493. The molecule has 10 heteroatoms. The molecule has 0 saturated carbocycles. The van der Waals surface area contributed by atoms with Gasteiger partial charge in [-0.15, -0.1) is 0 Å². The fourth-order valence-electron chi connectivity index (χ4n) is 3.33. The highest BCUT2D eigenvalue weighted by Gasteiger charge is 2.25. The lowest BCUT2D eigenvalue weighted by Gasteiger charge is -2.18. The monoisotopic (exact) mass is 489 g/mol. The van der Waals surface area contributed by atoms with Crippen molar-refractivity contribution in [3.8, 4) is 11.1 Å². The molecule has 1 atom stereocenters. The molecule has 1 heterocycles. The zero-order chi connectivity index (χ0) is 24.1. The van der Waals surface area contributed by atoms with Crippen LogP contribution in [-0.2, 0) is 29.6 Å². The molecule has 2 N–H and O–H groups in total. The maximum atomic E-state index is 12.7. The number of methoxy groups -OCH3 is 1. The number of aromatic nitrogens is 2. The number of amides is 1. The van der Waals surface area contributed by atoms with Crippen molar-refractivity contribution in [1.82, 2.24) is 15.1 Å².